The number of benzene rings is 2. The van der Waals surface area contributed by atoms with Gasteiger partial charge in [0.15, 0.2) is 11.6 Å². The summed E-state index contributed by atoms with van der Waals surface area (Å²) in [5.41, 5.74) is 0. The smallest absolute Gasteiger partial charge is 0.232 e. The highest BCUT2D eigenvalue weighted by Gasteiger charge is 2.10. The molecule has 0 saturated carbocycles. The van der Waals surface area contributed by atoms with E-state index in [1.165, 1.54) is 34.9 Å². The van der Waals surface area contributed by atoms with Gasteiger partial charge in [0.2, 0.25) is 5.91 Å². The van der Waals surface area contributed by atoms with Crippen LogP contribution in [0.1, 0.15) is 0 Å². The van der Waals surface area contributed by atoms with Gasteiger partial charge < -0.3 is 9.64 Å². The Hall–Kier alpha value is -2.08. The molecule has 0 spiro atoms. The van der Waals surface area contributed by atoms with Gasteiger partial charge in [-0.3, -0.25) is 4.79 Å². The van der Waals surface area contributed by atoms with Crippen LogP contribution in [0.15, 0.2) is 53.4 Å². The van der Waals surface area contributed by atoms with Gasteiger partial charge in [0.1, 0.15) is 12.4 Å². The summed E-state index contributed by atoms with van der Waals surface area (Å²) in [5, 5.41) is 0. The molecule has 0 N–H and O–H groups in total. The number of likely N-dealkylation sites (N-methyl/N-ethyl adjacent to an activating group) is 1. The number of amides is 1. The number of ether oxygens (including phenoxy) is 1. The lowest BCUT2D eigenvalue weighted by molar-refractivity contribution is -0.127. The van der Waals surface area contributed by atoms with Crippen LogP contribution in [0.25, 0.3) is 0 Å². The molecule has 3 nitrogen and oxygen atoms in total. The molecule has 0 aliphatic heterocycles. The van der Waals surface area contributed by atoms with Crippen molar-refractivity contribution in [2.24, 2.45) is 0 Å². The second-order valence-electron chi connectivity index (χ2n) is 4.84. The molecule has 0 radical (unpaired) electrons. The Bertz CT molecular complexity index is 649. The molecule has 6 heteroatoms. The van der Waals surface area contributed by atoms with Crippen molar-refractivity contribution < 1.29 is 18.3 Å². The van der Waals surface area contributed by atoms with Crippen LogP contribution in [0, 0.1) is 11.6 Å². The van der Waals surface area contributed by atoms with E-state index in [1.807, 2.05) is 0 Å². The zero-order chi connectivity index (χ0) is 16.7. The van der Waals surface area contributed by atoms with Crippen molar-refractivity contribution in [3.63, 3.8) is 0 Å². The maximum absolute atomic E-state index is 13.4. The van der Waals surface area contributed by atoms with Crippen LogP contribution in [-0.4, -0.2) is 36.8 Å². The van der Waals surface area contributed by atoms with Crippen molar-refractivity contribution in [2.75, 3.05) is 26.0 Å². The third-order valence-electron chi connectivity index (χ3n) is 3.12. The van der Waals surface area contributed by atoms with Crippen molar-refractivity contribution in [1.29, 1.82) is 0 Å². The van der Waals surface area contributed by atoms with Crippen molar-refractivity contribution in [2.45, 2.75) is 4.90 Å². The summed E-state index contributed by atoms with van der Waals surface area (Å²) in [4.78, 5) is 14.3. The van der Waals surface area contributed by atoms with Crippen LogP contribution >= 0.6 is 11.8 Å². The Labute approximate surface area is 138 Å². The minimum atomic E-state index is -0.423. The van der Waals surface area contributed by atoms with Crippen molar-refractivity contribution in [1.82, 2.24) is 4.90 Å². The molecule has 1 amide bonds. The predicted molar refractivity (Wildman–Crippen MR) is 86.7 cm³/mol. The molecule has 0 bridgehead atoms. The van der Waals surface area contributed by atoms with Gasteiger partial charge >= 0.3 is 0 Å². The average Bonchev–Trinajstić information content (AvgIpc) is 2.55. The third kappa shape index (κ3) is 5.56. The van der Waals surface area contributed by atoms with Gasteiger partial charge in [0, 0.05) is 11.9 Å². The molecule has 0 aliphatic rings. The number of thioether (sulfide) groups is 1. The fraction of sp³-hybridized carbons (Fsp3) is 0.235. The van der Waals surface area contributed by atoms with Crippen LogP contribution in [0.5, 0.6) is 5.75 Å². The summed E-state index contributed by atoms with van der Waals surface area (Å²) in [5.74, 6) is -0.371. The fourth-order valence-corrected chi connectivity index (χ4v) is 2.60. The SMILES string of the molecule is CN(CCOc1ccccc1F)C(=O)CSc1ccc(F)cc1. The van der Waals surface area contributed by atoms with E-state index in [1.54, 1.807) is 37.4 Å². The van der Waals surface area contributed by atoms with E-state index >= 15 is 0 Å². The normalized spacial score (nSPS) is 10.4. The molecule has 0 heterocycles. The largest absolute Gasteiger partial charge is 0.489 e. The molecule has 0 atom stereocenters. The lowest BCUT2D eigenvalue weighted by Gasteiger charge is -2.17. The Morgan fingerprint density at radius 2 is 1.83 bits per heavy atom. The first-order valence-corrected chi connectivity index (χ1v) is 8.04. The molecule has 0 aromatic heterocycles. The Balaban J connectivity index is 1.72. The number of hydrogen-bond acceptors (Lipinski definition) is 3. The number of carbonyl (C=O) groups is 1. The molecule has 122 valence electrons. The molecule has 23 heavy (non-hydrogen) atoms. The topological polar surface area (TPSA) is 29.5 Å². The summed E-state index contributed by atoms with van der Waals surface area (Å²) < 4.78 is 31.5. The highest BCUT2D eigenvalue weighted by molar-refractivity contribution is 8.00. The van der Waals surface area contributed by atoms with Gasteiger partial charge in [-0.15, -0.1) is 11.8 Å². The minimum Gasteiger partial charge on any atom is -0.489 e. The first kappa shape index (κ1) is 17.3. The highest BCUT2D eigenvalue weighted by atomic mass is 32.2. The second kappa shape index (κ2) is 8.53. The number of nitrogens with zero attached hydrogens (tertiary/aromatic N) is 1. The zero-order valence-electron chi connectivity index (χ0n) is 12.7. The van der Waals surface area contributed by atoms with Crippen molar-refractivity contribution >= 4 is 17.7 Å². The number of rotatable bonds is 7. The predicted octanol–water partition coefficient (Wildman–Crippen LogP) is 3.59. The lowest BCUT2D eigenvalue weighted by Crippen LogP contribution is -2.32. The lowest BCUT2D eigenvalue weighted by atomic mass is 10.3. The number of hydrogen-bond donors (Lipinski definition) is 0. The summed E-state index contributed by atoms with van der Waals surface area (Å²) in [6.07, 6.45) is 0. The number of halogens is 2. The molecule has 0 aliphatic carbocycles. The van der Waals surface area contributed by atoms with Gasteiger partial charge in [-0.2, -0.15) is 0 Å². The Morgan fingerprint density at radius 1 is 1.13 bits per heavy atom. The van der Waals surface area contributed by atoms with E-state index in [9.17, 15) is 13.6 Å². The van der Waals surface area contributed by atoms with Gasteiger partial charge in [-0.05, 0) is 36.4 Å². The molecular weight excluding hydrogens is 320 g/mol. The molecule has 0 saturated heterocycles. The van der Waals surface area contributed by atoms with Crippen molar-refractivity contribution in [3.05, 3.63) is 60.2 Å². The van der Waals surface area contributed by atoms with Crippen LogP contribution in [0.3, 0.4) is 0 Å². The van der Waals surface area contributed by atoms with Gasteiger partial charge in [-0.1, -0.05) is 12.1 Å². The molecule has 2 aromatic rings. The standard InChI is InChI=1S/C17H17F2NO2S/c1-20(10-11-22-16-5-3-2-4-15(16)19)17(21)12-23-14-8-6-13(18)7-9-14/h2-9H,10-12H2,1H3. The van der Waals surface area contributed by atoms with Crippen LogP contribution in [-0.2, 0) is 4.79 Å². The third-order valence-corrected chi connectivity index (χ3v) is 4.12. The maximum Gasteiger partial charge on any atom is 0.232 e. The monoisotopic (exact) mass is 337 g/mol. The van der Waals surface area contributed by atoms with E-state index in [2.05, 4.69) is 0 Å². The molecular formula is C17H17F2NO2S. The average molecular weight is 337 g/mol. The van der Waals surface area contributed by atoms with E-state index in [4.69, 9.17) is 4.74 Å². The summed E-state index contributed by atoms with van der Waals surface area (Å²) in [7, 11) is 1.66. The number of carbonyl (C=O) groups excluding carboxylic acids is 1. The molecule has 0 unspecified atom stereocenters. The maximum atomic E-state index is 13.4. The van der Waals surface area contributed by atoms with Crippen LogP contribution in [0.4, 0.5) is 8.78 Å². The first-order valence-electron chi connectivity index (χ1n) is 7.06. The van der Waals surface area contributed by atoms with E-state index in [0.29, 0.717) is 6.54 Å². The second-order valence-corrected chi connectivity index (χ2v) is 5.89. The minimum absolute atomic E-state index is 0.0727. The van der Waals surface area contributed by atoms with E-state index < -0.39 is 5.82 Å². The van der Waals surface area contributed by atoms with Crippen molar-refractivity contribution in [3.8, 4) is 5.75 Å². The summed E-state index contributed by atoms with van der Waals surface area (Å²) in [6.45, 7) is 0.571. The number of para-hydroxylation sites is 1. The van der Waals surface area contributed by atoms with E-state index in [-0.39, 0.29) is 29.8 Å². The molecule has 2 rings (SSSR count). The first-order chi connectivity index (χ1) is 11.1. The van der Waals surface area contributed by atoms with E-state index in [0.717, 1.165) is 4.90 Å². The van der Waals surface area contributed by atoms with Crippen LogP contribution in [0.2, 0.25) is 0 Å². The molecule has 2 aromatic carbocycles. The fourth-order valence-electron chi connectivity index (χ4n) is 1.77. The van der Waals surface area contributed by atoms with Gasteiger partial charge in [-0.25, -0.2) is 8.78 Å². The van der Waals surface area contributed by atoms with Gasteiger partial charge in [0.25, 0.3) is 0 Å². The zero-order valence-corrected chi connectivity index (χ0v) is 13.5. The molecule has 0 fully saturated rings. The van der Waals surface area contributed by atoms with Gasteiger partial charge in [0.05, 0.1) is 12.3 Å². The highest BCUT2D eigenvalue weighted by Crippen LogP contribution is 2.18. The Kier molecular flexibility index (Phi) is 6.40. The summed E-state index contributed by atoms with van der Waals surface area (Å²) in [6, 6.07) is 12.1. The summed E-state index contributed by atoms with van der Waals surface area (Å²) >= 11 is 1.34. The quantitative estimate of drug-likeness (QED) is 0.723. The Morgan fingerprint density at radius 3 is 2.52 bits per heavy atom. The van der Waals surface area contributed by atoms with Crippen LogP contribution < -0.4 is 4.74 Å².